The number of methoxy groups -OCH3 is 1. The van der Waals surface area contributed by atoms with Gasteiger partial charge in [-0.25, -0.2) is 8.78 Å². The number of rotatable bonds is 10. The molecule has 3 N–H and O–H groups in total. The number of carbonyl (C=O) groups excluding carboxylic acids is 2. The van der Waals surface area contributed by atoms with E-state index in [1.54, 1.807) is 11.0 Å². The monoisotopic (exact) mass is 524 g/mol. The maximum absolute atomic E-state index is 13.8. The van der Waals surface area contributed by atoms with Crippen LogP contribution in [0.25, 0.3) is 0 Å². The molecule has 1 saturated carbocycles. The molecule has 0 aromatic heterocycles. The Morgan fingerprint density at radius 1 is 1.31 bits per heavy atom. The number of benzene rings is 1. The van der Waals surface area contributed by atoms with Gasteiger partial charge in [-0.05, 0) is 44.4 Å². The van der Waals surface area contributed by atoms with E-state index in [9.17, 15) is 18.4 Å². The molecule has 0 spiro atoms. The minimum Gasteiger partial charge on any atom is -0.469 e. The molecule has 2 fully saturated rings. The van der Waals surface area contributed by atoms with Gasteiger partial charge in [-0.1, -0.05) is 42.6 Å². The number of carbonyl (C=O) groups is 2. The Kier molecular flexibility index (Phi) is 10.2. The fraction of sp³-hybridized carbons (Fsp3) is 0.577. The number of aliphatic imine (C=N–C) groups is 1. The van der Waals surface area contributed by atoms with Crippen molar-refractivity contribution in [2.45, 2.75) is 69.4 Å². The number of allylic oxidation sites excluding steroid dienone is 1. The lowest BCUT2D eigenvalue weighted by Crippen LogP contribution is -2.46. The number of esters is 1. The molecular formula is C26H35ClF2N4O3. The van der Waals surface area contributed by atoms with Crippen LogP contribution in [0.1, 0.15) is 56.9 Å². The molecule has 10 heteroatoms. The average molecular weight is 525 g/mol. The number of halogens is 3. The van der Waals surface area contributed by atoms with E-state index in [-0.39, 0.29) is 31.1 Å². The molecule has 1 saturated heterocycles. The number of hydrogen-bond acceptors (Lipinski definition) is 6. The highest BCUT2D eigenvalue weighted by Gasteiger charge is 2.35. The van der Waals surface area contributed by atoms with Gasteiger partial charge in [0.1, 0.15) is 0 Å². The first-order valence-corrected chi connectivity index (χ1v) is 12.8. The van der Waals surface area contributed by atoms with Crippen LogP contribution in [0, 0.1) is 0 Å². The molecule has 7 nitrogen and oxygen atoms in total. The predicted octanol–water partition coefficient (Wildman–Crippen LogP) is 4.08. The zero-order valence-electron chi connectivity index (χ0n) is 20.7. The van der Waals surface area contributed by atoms with E-state index in [1.807, 2.05) is 18.2 Å². The lowest BCUT2D eigenvalue weighted by molar-refractivity contribution is -0.141. The fourth-order valence-electron chi connectivity index (χ4n) is 4.65. The summed E-state index contributed by atoms with van der Waals surface area (Å²) in [7, 11) is 1.26. The lowest BCUT2D eigenvalue weighted by atomic mass is 10.0. The minimum atomic E-state index is -2.72. The lowest BCUT2D eigenvalue weighted by Gasteiger charge is -2.33. The molecule has 1 atom stereocenters. The van der Waals surface area contributed by atoms with Crippen molar-refractivity contribution < 1.29 is 23.1 Å². The quantitative estimate of drug-likeness (QED) is 0.273. The Morgan fingerprint density at radius 3 is 2.69 bits per heavy atom. The summed E-state index contributed by atoms with van der Waals surface area (Å²) in [6.07, 6.45) is 6.13. The normalized spacial score (nSPS) is 20.2. The van der Waals surface area contributed by atoms with Crippen LogP contribution in [-0.4, -0.2) is 67.2 Å². The van der Waals surface area contributed by atoms with E-state index in [1.165, 1.54) is 13.2 Å². The van der Waals surface area contributed by atoms with Crippen molar-refractivity contribution in [3.63, 3.8) is 0 Å². The van der Waals surface area contributed by atoms with Crippen LogP contribution in [0.2, 0.25) is 5.02 Å². The molecule has 1 aliphatic heterocycles. The van der Waals surface area contributed by atoms with Crippen molar-refractivity contribution in [1.29, 1.82) is 0 Å². The van der Waals surface area contributed by atoms with Crippen molar-refractivity contribution in [2.24, 2.45) is 10.7 Å². The van der Waals surface area contributed by atoms with E-state index < -0.39 is 23.8 Å². The third-order valence-electron chi connectivity index (χ3n) is 6.59. The molecule has 1 amide bonds. The number of likely N-dealkylation sites (tertiary alicyclic amines) is 1. The van der Waals surface area contributed by atoms with Crippen molar-refractivity contribution >= 4 is 29.2 Å². The summed E-state index contributed by atoms with van der Waals surface area (Å²) in [5.41, 5.74) is 7.30. The van der Waals surface area contributed by atoms with Crippen molar-refractivity contribution in [3.05, 3.63) is 46.6 Å². The first-order valence-electron chi connectivity index (χ1n) is 12.4. The largest absolute Gasteiger partial charge is 0.469 e. The molecule has 1 aliphatic carbocycles. The molecule has 1 heterocycles. The third kappa shape index (κ3) is 8.55. The standard InChI is InChI=1S/C26H35ClF2N4O3/c1-36-24(34)15-19(11-14-33-13-6-12-26(28,29)17-33)32-25(35)22(30)16-23(31-18-7-2-3-8-18)20-9-4-5-10-21(20)27/h4-5,9-10,16,18-19H,2-3,6-8,11-15,17,30H2,1H3,(H,32,35)/t19-/m0/s1. The van der Waals surface area contributed by atoms with Crippen molar-refractivity contribution in [2.75, 3.05) is 26.7 Å². The summed E-state index contributed by atoms with van der Waals surface area (Å²) in [6, 6.07) is 6.75. The van der Waals surface area contributed by atoms with Gasteiger partial charge in [-0.3, -0.25) is 19.5 Å². The highest BCUT2D eigenvalue weighted by molar-refractivity contribution is 6.35. The molecule has 0 bridgehead atoms. The van der Waals surface area contributed by atoms with Gasteiger partial charge >= 0.3 is 5.97 Å². The van der Waals surface area contributed by atoms with E-state index >= 15 is 0 Å². The molecule has 0 radical (unpaired) electrons. The number of piperidine rings is 1. The number of alkyl halides is 2. The van der Waals surface area contributed by atoms with Gasteiger partial charge in [0.05, 0.1) is 37.5 Å². The smallest absolute Gasteiger partial charge is 0.307 e. The zero-order valence-corrected chi connectivity index (χ0v) is 21.4. The highest BCUT2D eigenvalue weighted by Crippen LogP contribution is 2.27. The van der Waals surface area contributed by atoms with Crippen LogP contribution < -0.4 is 11.1 Å². The molecule has 198 valence electrons. The SMILES string of the molecule is COC(=O)C[C@H](CCN1CCCC(F)(F)C1)NC(=O)C(N)=CC(=NC1CCCC1)c1ccccc1Cl. The second-order valence-corrected chi connectivity index (χ2v) is 9.91. The van der Waals surface area contributed by atoms with E-state index in [0.717, 1.165) is 25.7 Å². The average Bonchev–Trinajstić information content (AvgIpc) is 3.35. The summed E-state index contributed by atoms with van der Waals surface area (Å²) in [4.78, 5) is 31.4. The summed E-state index contributed by atoms with van der Waals surface area (Å²) in [6.45, 7) is 0.539. The molecular weight excluding hydrogens is 490 g/mol. The van der Waals surface area contributed by atoms with Crippen LogP contribution in [0.15, 0.2) is 41.0 Å². The highest BCUT2D eigenvalue weighted by atomic mass is 35.5. The van der Waals surface area contributed by atoms with Gasteiger partial charge in [0.25, 0.3) is 11.8 Å². The third-order valence-corrected chi connectivity index (χ3v) is 6.92. The van der Waals surface area contributed by atoms with E-state index in [0.29, 0.717) is 42.2 Å². The van der Waals surface area contributed by atoms with Gasteiger partial charge in [-0.15, -0.1) is 0 Å². The molecule has 1 aromatic rings. The van der Waals surface area contributed by atoms with Crippen LogP contribution in [0.4, 0.5) is 8.78 Å². The first kappa shape index (κ1) is 28.1. The molecule has 1 aromatic carbocycles. The van der Waals surface area contributed by atoms with E-state index in [4.69, 9.17) is 27.1 Å². The van der Waals surface area contributed by atoms with Crippen LogP contribution in [0.3, 0.4) is 0 Å². The maximum atomic E-state index is 13.8. The second kappa shape index (κ2) is 13.1. The van der Waals surface area contributed by atoms with Gasteiger partial charge in [0, 0.05) is 29.6 Å². The Balaban J connectivity index is 1.73. The van der Waals surface area contributed by atoms with Crippen molar-refractivity contribution in [3.8, 4) is 0 Å². The topological polar surface area (TPSA) is 97.0 Å². The van der Waals surface area contributed by atoms with Gasteiger partial charge in [0.2, 0.25) is 0 Å². The molecule has 0 unspecified atom stereocenters. The Bertz CT molecular complexity index is 980. The predicted molar refractivity (Wildman–Crippen MR) is 136 cm³/mol. The Morgan fingerprint density at radius 2 is 2.03 bits per heavy atom. The summed E-state index contributed by atoms with van der Waals surface area (Å²) in [5.74, 6) is -3.80. The van der Waals surface area contributed by atoms with Gasteiger partial charge in [0.15, 0.2) is 0 Å². The van der Waals surface area contributed by atoms with Crippen LogP contribution in [0.5, 0.6) is 0 Å². The fourth-order valence-corrected chi connectivity index (χ4v) is 4.88. The molecule has 2 aliphatic rings. The molecule has 36 heavy (non-hydrogen) atoms. The van der Waals surface area contributed by atoms with Gasteiger partial charge < -0.3 is 15.8 Å². The van der Waals surface area contributed by atoms with Gasteiger partial charge in [-0.2, -0.15) is 0 Å². The molecule has 3 rings (SSSR count). The number of nitrogens with one attached hydrogen (secondary N) is 1. The van der Waals surface area contributed by atoms with E-state index in [2.05, 4.69) is 5.32 Å². The summed E-state index contributed by atoms with van der Waals surface area (Å²) >= 11 is 6.40. The number of hydrogen-bond donors (Lipinski definition) is 2. The van der Waals surface area contributed by atoms with Crippen molar-refractivity contribution in [1.82, 2.24) is 10.2 Å². The van der Waals surface area contributed by atoms with Crippen LogP contribution >= 0.6 is 11.6 Å². The minimum absolute atomic E-state index is 0.0777. The number of ether oxygens (including phenoxy) is 1. The summed E-state index contributed by atoms with van der Waals surface area (Å²) in [5, 5.41) is 3.27. The Hall–Kier alpha value is -2.52. The first-order chi connectivity index (χ1) is 17.2. The summed E-state index contributed by atoms with van der Waals surface area (Å²) < 4.78 is 32.3. The zero-order chi connectivity index (χ0) is 26.1. The number of nitrogens with two attached hydrogens (primary N) is 1. The number of amides is 1. The number of nitrogens with zero attached hydrogens (tertiary/aromatic N) is 2. The second-order valence-electron chi connectivity index (χ2n) is 9.51. The van der Waals surface area contributed by atoms with Crippen LogP contribution in [-0.2, 0) is 14.3 Å². The Labute approximate surface area is 216 Å². The maximum Gasteiger partial charge on any atom is 0.307 e.